The molecule has 1 N–H and O–H groups in total. The molecule has 3 fully saturated rings. The molecule has 1 aliphatic carbocycles. The van der Waals surface area contributed by atoms with Crippen LogP contribution in [-0.4, -0.2) is 69.1 Å². The van der Waals surface area contributed by atoms with Crippen LogP contribution in [0.2, 0.25) is 5.02 Å². The van der Waals surface area contributed by atoms with Crippen LogP contribution in [0.4, 0.5) is 0 Å². The summed E-state index contributed by atoms with van der Waals surface area (Å²) in [6.45, 7) is 8.30. The summed E-state index contributed by atoms with van der Waals surface area (Å²) >= 11 is 6.31. The van der Waals surface area contributed by atoms with Crippen LogP contribution in [0.3, 0.4) is 0 Å². The summed E-state index contributed by atoms with van der Waals surface area (Å²) in [7, 11) is 0. The van der Waals surface area contributed by atoms with Crippen LogP contribution < -0.4 is 10.1 Å². The number of nitrogens with zero attached hydrogens (tertiary/aromatic N) is 5. The van der Waals surface area contributed by atoms with Crippen molar-refractivity contribution in [1.29, 1.82) is 5.26 Å². The topological polar surface area (TPSA) is 121 Å². The average Bonchev–Trinajstić information content (AvgIpc) is 3.69. The Hall–Kier alpha value is -5.42. The number of carbonyl (C=O) groups excluding carboxylic acids is 3. The quantitative estimate of drug-likeness (QED) is 0.148. The molecule has 4 heterocycles. The number of hydrogen-bond acceptors (Lipinski definition) is 7. The maximum Gasteiger partial charge on any atom is 0.255 e. The zero-order valence-electron chi connectivity index (χ0n) is 32.5. The highest BCUT2D eigenvalue weighted by molar-refractivity contribution is 6.32. The van der Waals surface area contributed by atoms with Crippen molar-refractivity contribution < 1.29 is 19.1 Å². The molecule has 3 aromatic carbocycles. The number of imide groups is 1. The third kappa shape index (κ3) is 8.49. The second-order valence-corrected chi connectivity index (χ2v) is 16.5. The van der Waals surface area contributed by atoms with Crippen LogP contribution in [0, 0.1) is 48.9 Å². The van der Waals surface area contributed by atoms with Gasteiger partial charge in [0.25, 0.3) is 5.91 Å². The monoisotopic (exact) mass is 782 g/mol. The largest absolute Gasteiger partial charge is 0.490 e. The molecular weight excluding hydrogens is 736 g/mol. The van der Waals surface area contributed by atoms with E-state index in [4.69, 9.17) is 21.4 Å². The fourth-order valence-corrected chi connectivity index (χ4v) is 8.96. The standard InChI is InChI=1S/C46H47ClN6O4/c1-29-30(2)53(50-44(29)35-13-14-36(25-48)41(47)23-35)27-34-11-7-32(8-12-34)4-3-31-5-9-33(10-6-31)26-51-21-19-38(20-22-51)57-39-16-15-37-28-52(46(56)40(37)24-39)42-17-18-43(54)49-45(42)55/h7-8,11-16,23-24,31,33,38,42H,5-6,9-10,17-22,26-28H2,1-2H3,(H,49,54,55)/t31-,33-,42?. The van der Waals surface area contributed by atoms with Gasteiger partial charge in [-0.05, 0) is 118 Å². The van der Waals surface area contributed by atoms with Gasteiger partial charge in [-0.2, -0.15) is 10.4 Å². The van der Waals surface area contributed by atoms with Crippen LogP contribution in [0.1, 0.15) is 95.2 Å². The van der Waals surface area contributed by atoms with Gasteiger partial charge in [-0.3, -0.25) is 24.4 Å². The molecule has 1 aromatic heterocycles. The molecule has 4 aromatic rings. The molecular formula is C46H47ClN6O4. The van der Waals surface area contributed by atoms with Gasteiger partial charge in [0.15, 0.2) is 0 Å². The minimum atomic E-state index is -0.613. The average molecular weight is 783 g/mol. The zero-order valence-corrected chi connectivity index (χ0v) is 33.3. The minimum Gasteiger partial charge on any atom is -0.490 e. The molecule has 1 unspecified atom stereocenters. The Kier molecular flexibility index (Phi) is 11.2. The lowest BCUT2D eigenvalue weighted by atomic mass is 9.81. The first kappa shape index (κ1) is 38.5. The fraction of sp³-hybridized carbons (Fsp3) is 0.413. The summed E-state index contributed by atoms with van der Waals surface area (Å²) in [6, 6.07) is 21.1. The second kappa shape index (κ2) is 16.6. The number of amides is 3. The number of likely N-dealkylation sites (tertiary alicyclic amines) is 1. The van der Waals surface area contributed by atoms with Crippen molar-refractivity contribution in [1.82, 2.24) is 24.9 Å². The number of fused-ring (bicyclic) bond motifs is 1. The molecule has 1 saturated carbocycles. The summed E-state index contributed by atoms with van der Waals surface area (Å²) in [5, 5.41) is 16.9. The van der Waals surface area contributed by atoms with E-state index in [0.717, 1.165) is 84.5 Å². The molecule has 0 bridgehead atoms. The van der Waals surface area contributed by atoms with Crippen molar-refractivity contribution >= 4 is 29.3 Å². The highest BCUT2D eigenvalue weighted by atomic mass is 35.5. The third-order valence-electron chi connectivity index (χ3n) is 12.3. The van der Waals surface area contributed by atoms with Crippen LogP contribution in [0.5, 0.6) is 5.75 Å². The predicted octanol–water partition coefficient (Wildman–Crippen LogP) is 7.20. The molecule has 1 atom stereocenters. The predicted molar refractivity (Wildman–Crippen MR) is 217 cm³/mol. The van der Waals surface area contributed by atoms with E-state index in [2.05, 4.69) is 66.2 Å². The summed E-state index contributed by atoms with van der Waals surface area (Å²) < 4.78 is 8.40. The van der Waals surface area contributed by atoms with Gasteiger partial charge in [0.05, 0.1) is 22.8 Å². The number of hydrogen-bond donors (Lipinski definition) is 1. The number of halogens is 1. The van der Waals surface area contributed by atoms with E-state index >= 15 is 0 Å². The number of benzene rings is 3. The number of nitriles is 1. The number of ether oxygens (including phenoxy) is 1. The van der Waals surface area contributed by atoms with Gasteiger partial charge in [-0.15, -0.1) is 0 Å². The molecule has 57 heavy (non-hydrogen) atoms. The van der Waals surface area contributed by atoms with E-state index in [0.29, 0.717) is 53.2 Å². The molecule has 8 rings (SSSR count). The highest BCUT2D eigenvalue weighted by Gasteiger charge is 2.39. The van der Waals surface area contributed by atoms with Crippen molar-refractivity contribution in [3.8, 4) is 34.9 Å². The van der Waals surface area contributed by atoms with Crippen molar-refractivity contribution in [2.75, 3.05) is 19.6 Å². The Labute approximate surface area is 339 Å². The van der Waals surface area contributed by atoms with Gasteiger partial charge >= 0.3 is 0 Å². The van der Waals surface area contributed by atoms with Crippen molar-refractivity contribution in [2.24, 2.45) is 11.8 Å². The van der Waals surface area contributed by atoms with Gasteiger partial charge in [-0.1, -0.05) is 47.7 Å². The first-order valence-electron chi connectivity index (χ1n) is 20.1. The van der Waals surface area contributed by atoms with E-state index in [1.165, 1.54) is 12.8 Å². The van der Waals surface area contributed by atoms with Gasteiger partial charge in [0.1, 0.15) is 24.0 Å². The van der Waals surface area contributed by atoms with Crippen LogP contribution in [-0.2, 0) is 22.7 Å². The lowest BCUT2D eigenvalue weighted by molar-refractivity contribution is -0.136. The third-order valence-corrected chi connectivity index (χ3v) is 12.6. The molecule has 0 radical (unpaired) electrons. The molecule has 2 saturated heterocycles. The highest BCUT2D eigenvalue weighted by Crippen LogP contribution is 2.33. The fourth-order valence-electron chi connectivity index (χ4n) is 8.73. The molecule has 4 aliphatic rings. The minimum absolute atomic E-state index is 0.106. The number of piperidine rings is 2. The van der Waals surface area contributed by atoms with Gasteiger partial charge in [-0.25, -0.2) is 0 Å². The first-order valence-corrected chi connectivity index (χ1v) is 20.5. The zero-order chi connectivity index (χ0) is 39.6. The lowest BCUT2D eigenvalue weighted by Gasteiger charge is -2.36. The number of nitrogens with one attached hydrogen (secondary N) is 1. The van der Waals surface area contributed by atoms with Crippen LogP contribution >= 0.6 is 11.6 Å². The van der Waals surface area contributed by atoms with Crippen molar-refractivity contribution in [2.45, 2.75) is 90.4 Å². The number of carbonyl (C=O) groups is 3. The summed E-state index contributed by atoms with van der Waals surface area (Å²) in [5.74, 6) is 7.98. The van der Waals surface area contributed by atoms with Crippen molar-refractivity contribution in [3.05, 3.63) is 105 Å². The van der Waals surface area contributed by atoms with Gasteiger partial charge in [0.2, 0.25) is 11.8 Å². The Morgan fingerprint density at radius 1 is 0.930 bits per heavy atom. The molecule has 11 heteroatoms. The van der Waals surface area contributed by atoms with E-state index in [1.807, 2.05) is 35.0 Å². The molecule has 10 nitrogen and oxygen atoms in total. The normalized spacial score (nSPS) is 21.4. The second-order valence-electron chi connectivity index (χ2n) is 16.0. The summed E-state index contributed by atoms with van der Waals surface area (Å²) in [4.78, 5) is 41.4. The van der Waals surface area contributed by atoms with E-state index in [-0.39, 0.29) is 24.3 Å². The number of aromatic nitrogens is 2. The smallest absolute Gasteiger partial charge is 0.255 e. The number of rotatable bonds is 8. The van der Waals surface area contributed by atoms with Gasteiger partial charge in [0, 0.05) is 60.9 Å². The molecule has 3 amide bonds. The van der Waals surface area contributed by atoms with E-state index < -0.39 is 11.9 Å². The van der Waals surface area contributed by atoms with E-state index in [1.54, 1.807) is 11.0 Å². The Bertz CT molecular complexity index is 2300. The lowest BCUT2D eigenvalue weighted by Crippen LogP contribution is -2.52. The molecule has 292 valence electrons. The SMILES string of the molecule is Cc1c(-c2ccc(C#N)c(Cl)c2)nn(Cc2ccc(C#C[C@H]3CC[C@H](CN4CCC(Oc5ccc6c(c5)C(=O)N(C5CCC(=O)NC5=O)C6)CC4)CC3)cc2)c1C. The maximum absolute atomic E-state index is 13.2. The Balaban J connectivity index is 0.767. The summed E-state index contributed by atoms with van der Waals surface area (Å²) in [5.41, 5.74) is 8.10. The van der Waals surface area contributed by atoms with Crippen LogP contribution in [0.15, 0.2) is 60.7 Å². The van der Waals surface area contributed by atoms with Crippen molar-refractivity contribution in [3.63, 3.8) is 0 Å². The first-order chi connectivity index (χ1) is 27.6. The molecule has 0 spiro atoms. The Morgan fingerprint density at radius 2 is 1.70 bits per heavy atom. The van der Waals surface area contributed by atoms with Gasteiger partial charge < -0.3 is 14.5 Å². The maximum atomic E-state index is 13.2. The Morgan fingerprint density at radius 3 is 2.42 bits per heavy atom. The van der Waals surface area contributed by atoms with E-state index in [9.17, 15) is 19.6 Å². The summed E-state index contributed by atoms with van der Waals surface area (Å²) in [6.07, 6.45) is 7.28. The molecule has 3 aliphatic heterocycles. The van der Waals surface area contributed by atoms with Crippen LogP contribution in [0.25, 0.3) is 11.3 Å².